The molecule has 4 nitrogen and oxygen atoms in total. The maximum absolute atomic E-state index is 11.4. The van der Waals surface area contributed by atoms with Crippen molar-refractivity contribution in [3.05, 3.63) is 56.7 Å². The number of ether oxygens (including phenoxy) is 1. The first kappa shape index (κ1) is 16.4. The largest absolute Gasteiger partial charge is 0.490 e. The standard InChI is InChI=1S/C21H25NO3/c1-13-8-18-16-7-5-4-6-14(16)11-21(18,2)12-15-9-20(25-3)19(22(23)24)10-17(13)15/h5,7,9-10,13,18H,4,6,8,11-12H2,1-3H3. The summed E-state index contributed by atoms with van der Waals surface area (Å²) in [7, 11) is 1.51. The van der Waals surface area contributed by atoms with Crippen molar-refractivity contribution in [2.24, 2.45) is 11.3 Å². The van der Waals surface area contributed by atoms with Gasteiger partial charge in [0.25, 0.3) is 0 Å². The molecule has 3 aliphatic carbocycles. The average Bonchev–Trinajstić information content (AvgIpc) is 2.79. The predicted molar refractivity (Wildman–Crippen MR) is 98.0 cm³/mol. The Hall–Kier alpha value is -2.10. The van der Waals surface area contributed by atoms with Crippen LogP contribution in [-0.2, 0) is 6.42 Å². The van der Waals surface area contributed by atoms with Gasteiger partial charge in [0.05, 0.1) is 12.0 Å². The molecule has 0 saturated carbocycles. The molecular weight excluding hydrogens is 314 g/mol. The monoisotopic (exact) mass is 339 g/mol. The summed E-state index contributed by atoms with van der Waals surface area (Å²) in [6.07, 6.45) is 10.2. The van der Waals surface area contributed by atoms with Crippen molar-refractivity contribution in [2.45, 2.75) is 51.9 Å². The zero-order valence-corrected chi connectivity index (χ0v) is 15.2. The highest BCUT2D eigenvalue weighted by Gasteiger charge is 2.46. The Balaban J connectivity index is 1.80. The van der Waals surface area contributed by atoms with Crippen LogP contribution in [0.25, 0.3) is 0 Å². The zero-order valence-electron chi connectivity index (χ0n) is 15.2. The van der Waals surface area contributed by atoms with Gasteiger partial charge in [-0.25, -0.2) is 0 Å². The molecule has 3 aliphatic rings. The van der Waals surface area contributed by atoms with Crippen molar-refractivity contribution in [2.75, 3.05) is 7.11 Å². The molecule has 4 rings (SSSR count). The number of nitro benzene ring substituents is 1. The smallest absolute Gasteiger partial charge is 0.311 e. The van der Waals surface area contributed by atoms with E-state index in [0.29, 0.717) is 17.6 Å². The van der Waals surface area contributed by atoms with Gasteiger partial charge in [-0.1, -0.05) is 31.6 Å². The molecule has 3 unspecified atom stereocenters. The molecule has 0 amide bonds. The fourth-order valence-corrected chi connectivity index (χ4v) is 5.33. The van der Waals surface area contributed by atoms with Gasteiger partial charge in [0.1, 0.15) is 0 Å². The van der Waals surface area contributed by atoms with E-state index in [9.17, 15) is 10.1 Å². The maximum Gasteiger partial charge on any atom is 0.311 e. The molecule has 1 aromatic rings. The van der Waals surface area contributed by atoms with Crippen molar-refractivity contribution in [1.29, 1.82) is 0 Å². The number of rotatable bonds is 2. The molecule has 0 spiro atoms. The molecule has 0 bridgehead atoms. The number of hydrogen-bond acceptors (Lipinski definition) is 3. The van der Waals surface area contributed by atoms with Gasteiger partial charge in [-0.05, 0) is 72.1 Å². The van der Waals surface area contributed by atoms with E-state index in [1.54, 1.807) is 17.2 Å². The molecule has 25 heavy (non-hydrogen) atoms. The zero-order chi connectivity index (χ0) is 17.8. The third kappa shape index (κ3) is 2.50. The molecule has 0 fully saturated rings. The summed E-state index contributed by atoms with van der Waals surface area (Å²) in [5.74, 6) is 1.24. The van der Waals surface area contributed by atoms with E-state index in [1.165, 1.54) is 19.1 Å². The number of nitro groups is 1. The van der Waals surface area contributed by atoms with E-state index in [-0.39, 0.29) is 16.0 Å². The van der Waals surface area contributed by atoms with E-state index in [0.717, 1.165) is 31.2 Å². The molecule has 0 aromatic heterocycles. The summed E-state index contributed by atoms with van der Waals surface area (Å²) in [6.45, 7) is 4.62. The minimum Gasteiger partial charge on any atom is -0.490 e. The topological polar surface area (TPSA) is 52.4 Å². The second-order valence-electron chi connectivity index (χ2n) is 8.18. The number of hydrogen-bond donors (Lipinski definition) is 0. The van der Waals surface area contributed by atoms with E-state index in [4.69, 9.17) is 4.74 Å². The summed E-state index contributed by atoms with van der Waals surface area (Å²) in [5, 5.41) is 11.4. The van der Waals surface area contributed by atoms with Gasteiger partial charge in [-0.3, -0.25) is 10.1 Å². The van der Waals surface area contributed by atoms with E-state index in [1.807, 2.05) is 6.07 Å². The van der Waals surface area contributed by atoms with Crippen molar-refractivity contribution in [3.8, 4) is 5.75 Å². The summed E-state index contributed by atoms with van der Waals surface area (Å²) in [5.41, 5.74) is 5.84. The van der Waals surface area contributed by atoms with Gasteiger partial charge >= 0.3 is 5.69 Å². The van der Waals surface area contributed by atoms with Crippen LogP contribution < -0.4 is 4.74 Å². The Morgan fingerprint density at radius 2 is 2.12 bits per heavy atom. The molecule has 4 heteroatoms. The van der Waals surface area contributed by atoms with E-state index < -0.39 is 0 Å². The van der Waals surface area contributed by atoms with Crippen LogP contribution in [0.3, 0.4) is 0 Å². The molecule has 3 atom stereocenters. The van der Waals surface area contributed by atoms with Crippen LogP contribution in [-0.4, -0.2) is 12.0 Å². The molecule has 1 aromatic carbocycles. The minimum absolute atomic E-state index is 0.0859. The van der Waals surface area contributed by atoms with Crippen LogP contribution in [0.15, 0.2) is 35.4 Å². The van der Waals surface area contributed by atoms with Gasteiger partial charge in [0, 0.05) is 6.07 Å². The second kappa shape index (κ2) is 5.72. The SMILES string of the molecule is COc1cc2c(cc1[N+](=O)[O-])C(C)CC1C3=C(CCC=C3)CC1(C)C2. The lowest BCUT2D eigenvalue weighted by Gasteiger charge is -2.32. The van der Waals surface area contributed by atoms with Crippen LogP contribution in [0.2, 0.25) is 0 Å². The van der Waals surface area contributed by atoms with E-state index in [2.05, 4.69) is 26.0 Å². The lowest BCUT2D eigenvalue weighted by atomic mass is 9.72. The number of fused-ring (bicyclic) bond motifs is 3. The molecule has 132 valence electrons. The average molecular weight is 339 g/mol. The fourth-order valence-electron chi connectivity index (χ4n) is 5.33. The third-order valence-corrected chi connectivity index (χ3v) is 6.50. The molecule has 0 aliphatic heterocycles. The first-order valence-corrected chi connectivity index (χ1v) is 9.16. The third-order valence-electron chi connectivity index (χ3n) is 6.50. The summed E-state index contributed by atoms with van der Waals surface area (Å²) in [4.78, 5) is 11.1. The fraction of sp³-hybridized carbons (Fsp3) is 0.524. The van der Waals surface area contributed by atoms with Gasteiger partial charge in [0.15, 0.2) is 5.75 Å². The normalized spacial score (nSPS) is 30.4. The van der Waals surface area contributed by atoms with Gasteiger partial charge in [0.2, 0.25) is 0 Å². The van der Waals surface area contributed by atoms with Crippen LogP contribution in [0.4, 0.5) is 5.69 Å². The van der Waals surface area contributed by atoms with Crippen LogP contribution >= 0.6 is 0 Å². The molecule has 0 N–H and O–H groups in total. The van der Waals surface area contributed by atoms with Gasteiger partial charge < -0.3 is 4.74 Å². The van der Waals surface area contributed by atoms with E-state index >= 15 is 0 Å². The van der Waals surface area contributed by atoms with Crippen molar-refractivity contribution in [3.63, 3.8) is 0 Å². The second-order valence-corrected chi connectivity index (χ2v) is 8.18. The Morgan fingerprint density at radius 3 is 2.84 bits per heavy atom. The number of benzene rings is 1. The van der Waals surface area contributed by atoms with Crippen molar-refractivity contribution >= 4 is 5.69 Å². The predicted octanol–water partition coefficient (Wildman–Crippen LogP) is 5.33. The first-order chi connectivity index (χ1) is 11.9. The molecule has 0 radical (unpaired) electrons. The Kier molecular flexibility index (Phi) is 3.75. The van der Waals surface area contributed by atoms with Crippen LogP contribution in [0.5, 0.6) is 5.75 Å². The molecular formula is C21H25NO3. The highest BCUT2D eigenvalue weighted by molar-refractivity contribution is 5.54. The summed E-state index contributed by atoms with van der Waals surface area (Å²) >= 11 is 0. The summed E-state index contributed by atoms with van der Waals surface area (Å²) < 4.78 is 5.32. The lowest BCUT2D eigenvalue weighted by Crippen LogP contribution is -2.25. The highest BCUT2D eigenvalue weighted by atomic mass is 16.6. The van der Waals surface area contributed by atoms with Crippen LogP contribution in [0, 0.1) is 21.4 Å². The summed E-state index contributed by atoms with van der Waals surface area (Å²) in [6, 6.07) is 3.68. The number of allylic oxidation sites excluding steroid dienone is 4. The number of nitrogens with zero attached hydrogens (tertiary/aromatic N) is 1. The number of methoxy groups -OCH3 is 1. The van der Waals surface area contributed by atoms with Crippen molar-refractivity contribution in [1.82, 2.24) is 0 Å². The van der Waals surface area contributed by atoms with Gasteiger partial charge in [-0.15, -0.1) is 0 Å². The van der Waals surface area contributed by atoms with Gasteiger partial charge in [-0.2, -0.15) is 0 Å². The molecule has 0 saturated heterocycles. The maximum atomic E-state index is 11.4. The lowest BCUT2D eigenvalue weighted by molar-refractivity contribution is -0.385. The Bertz CT molecular complexity index is 808. The Morgan fingerprint density at radius 1 is 1.32 bits per heavy atom. The minimum atomic E-state index is -0.330. The van der Waals surface area contributed by atoms with Crippen LogP contribution in [0.1, 0.15) is 56.6 Å². The quantitative estimate of drug-likeness (QED) is 0.541. The Labute approximate surface area is 148 Å². The molecule has 0 heterocycles. The first-order valence-electron chi connectivity index (χ1n) is 9.16. The highest BCUT2D eigenvalue weighted by Crippen LogP contribution is 2.57. The van der Waals surface area contributed by atoms with Crippen molar-refractivity contribution < 1.29 is 9.66 Å².